The second-order valence-corrected chi connectivity index (χ2v) is 6.72. The molecule has 0 spiro atoms. The molecule has 0 fully saturated rings. The van der Waals surface area contributed by atoms with Crippen LogP contribution in [0, 0.1) is 25.5 Å². The van der Waals surface area contributed by atoms with Crippen molar-refractivity contribution in [2.45, 2.75) is 27.3 Å². The quantitative estimate of drug-likeness (QED) is 0.676. The first-order chi connectivity index (χ1) is 9.04. The van der Waals surface area contributed by atoms with Crippen molar-refractivity contribution in [2.24, 2.45) is 0 Å². The highest BCUT2D eigenvalue weighted by Crippen LogP contribution is 2.24. The van der Waals surface area contributed by atoms with E-state index in [1.165, 1.54) is 26.4 Å². The zero-order valence-corrected chi connectivity index (χ0v) is 12.9. The van der Waals surface area contributed by atoms with E-state index in [0.717, 1.165) is 16.8 Å². The Morgan fingerprint density at radius 1 is 1.21 bits per heavy atom. The fraction of sp³-hybridized carbons (Fsp3) is 0.267. The summed E-state index contributed by atoms with van der Waals surface area (Å²) in [6.45, 7) is 7.27. The van der Waals surface area contributed by atoms with Gasteiger partial charge < -0.3 is 9.55 Å². The molecule has 0 saturated heterocycles. The molecule has 3 aromatic rings. The lowest BCUT2D eigenvalue weighted by atomic mass is 10.2. The second kappa shape index (κ2) is 4.62. The smallest absolute Gasteiger partial charge is 0.178 e. The summed E-state index contributed by atoms with van der Waals surface area (Å²) < 4.78 is 2.97. The van der Waals surface area contributed by atoms with Crippen LogP contribution < -0.4 is 0 Å². The van der Waals surface area contributed by atoms with Gasteiger partial charge in [-0.3, -0.25) is 0 Å². The zero-order valence-electron chi connectivity index (χ0n) is 11.3. The first kappa shape index (κ1) is 12.6. The maximum absolute atomic E-state index is 5.45. The van der Waals surface area contributed by atoms with Gasteiger partial charge in [0.05, 0.1) is 17.6 Å². The highest BCUT2D eigenvalue weighted by molar-refractivity contribution is 7.71. The number of hydrogen-bond acceptors (Lipinski definition) is 2. The molecule has 0 aliphatic rings. The number of H-pyrrole nitrogens is 1. The standard InChI is InChI=1S/C15H16N2S2/c1-9-4-5-14-13(6-9)16-15(18)17(14)8-12-7-10(2)11(3)19-12/h4-7H,8H2,1-3H3,(H,16,18). The number of aryl methyl sites for hydroxylation is 3. The summed E-state index contributed by atoms with van der Waals surface area (Å²) in [5.74, 6) is 0. The zero-order chi connectivity index (χ0) is 13.6. The Bertz CT molecular complexity index is 786. The fourth-order valence-corrected chi connectivity index (χ4v) is 3.63. The highest BCUT2D eigenvalue weighted by Gasteiger charge is 2.07. The van der Waals surface area contributed by atoms with E-state index in [4.69, 9.17) is 12.2 Å². The van der Waals surface area contributed by atoms with Crippen molar-refractivity contribution in [3.63, 3.8) is 0 Å². The van der Waals surface area contributed by atoms with Crippen LogP contribution in [0.1, 0.15) is 20.9 Å². The van der Waals surface area contributed by atoms with E-state index in [-0.39, 0.29) is 0 Å². The Balaban J connectivity index is 2.10. The van der Waals surface area contributed by atoms with Crippen LogP contribution in [0.15, 0.2) is 24.3 Å². The number of aromatic nitrogens is 2. The molecule has 0 aliphatic carbocycles. The van der Waals surface area contributed by atoms with E-state index in [9.17, 15) is 0 Å². The van der Waals surface area contributed by atoms with Gasteiger partial charge in [0.2, 0.25) is 0 Å². The predicted molar refractivity (Wildman–Crippen MR) is 84.8 cm³/mol. The van der Waals surface area contributed by atoms with Crippen LogP contribution in [0.4, 0.5) is 0 Å². The molecule has 2 nitrogen and oxygen atoms in total. The van der Waals surface area contributed by atoms with E-state index in [1.807, 2.05) is 11.3 Å². The van der Waals surface area contributed by atoms with E-state index in [1.54, 1.807) is 0 Å². The molecular weight excluding hydrogens is 272 g/mol. The Kier molecular flexibility index (Phi) is 3.07. The monoisotopic (exact) mass is 288 g/mol. The third-order valence-corrected chi connectivity index (χ3v) is 4.92. The third-order valence-electron chi connectivity index (χ3n) is 3.46. The van der Waals surface area contributed by atoms with Gasteiger partial charge in [0.1, 0.15) is 0 Å². The number of hydrogen-bond donors (Lipinski definition) is 1. The molecule has 3 rings (SSSR count). The molecule has 2 aromatic heterocycles. The fourth-order valence-electron chi connectivity index (χ4n) is 2.32. The first-order valence-corrected chi connectivity index (χ1v) is 7.52. The Hall–Kier alpha value is -1.39. The summed E-state index contributed by atoms with van der Waals surface area (Å²) in [5.41, 5.74) is 4.91. The molecule has 0 bridgehead atoms. The van der Waals surface area contributed by atoms with Crippen molar-refractivity contribution in [2.75, 3.05) is 0 Å². The van der Waals surface area contributed by atoms with Crippen molar-refractivity contribution in [3.8, 4) is 0 Å². The number of nitrogens with one attached hydrogen (secondary N) is 1. The summed E-state index contributed by atoms with van der Waals surface area (Å²) in [6, 6.07) is 8.68. The molecule has 0 amide bonds. The number of benzene rings is 1. The number of rotatable bonds is 2. The summed E-state index contributed by atoms with van der Waals surface area (Å²) >= 11 is 7.30. The van der Waals surface area contributed by atoms with Crippen molar-refractivity contribution in [1.29, 1.82) is 0 Å². The van der Waals surface area contributed by atoms with Gasteiger partial charge >= 0.3 is 0 Å². The minimum Gasteiger partial charge on any atom is -0.331 e. The lowest BCUT2D eigenvalue weighted by Crippen LogP contribution is -1.97. The highest BCUT2D eigenvalue weighted by atomic mass is 32.1. The van der Waals surface area contributed by atoms with Gasteiger partial charge in [-0.15, -0.1) is 11.3 Å². The molecule has 19 heavy (non-hydrogen) atoms. The van der Waals surface area contributed by atoms with Gasteiger partial charge in [0.15, 0.2) is 4.77 Å². The van der Waals surface area contributed by atoms with Crippen LogP contribution in [0.3, 0.4) is 0 Å². The Morgan fingerprint density at radius 3 is 2.68 bits per heavy atom. The summed E-state index contributed by atoms with van der Waals surface area (Å²) in [6.07, 6.45) is 0. The minimum atomic E-state index is 0.796. The molecule has 0 radical (unpaired) electrons. The lowest BCUT2D eigenvalue weighted by molar-refractivity contribution is 0.823. The normalized spacial score (nSPS) is 11.3. The summed E-state index contributed by atoms with van der Waals surface area (Å²) in [5, 5.41) is 0. The molecule has 98 valence electrons. The number of nitrogens with zero attached hydrogens (tertiary/aromatic N) is 1. The van der Waals surface area contributed by atoms with Gasteiger partial charge in [-0.05, 0) is 62.3 Å². The van der Waals surface area contributed by atoms with Crippen LogP contribution in [0.2, 0.25) is 0 Å². The molecule has 0 atom stereocenters. The Labute approximate surface area is 121 Å². The molecule has 0 saturated carbocycles. The van der Waals surface area contributed by atoms with Crippen LogP contribution in [0.5, 0.6) is 0 Å². The average Bonchev–Trinajstić information content (AvgIpc) is 2.81. The average molecular weight is 288 g/mol. The maximum atomic E-state index is 5.45. The van der Waals surface area contributed by atoms with Gasteiger partial charge in [0, 0.05) is 9.75 Å². The van der Waals surface area contributed by atoms with Gasteiger partial charge in [0.25, 0.3) is 0 Å². The van der Waals surface area contributed by atoms with E-state index in [2.05, 4.69) is 54.6 Å². The van der Waals surface area contributed by atoms with Crippen molar-refractivity contribution in [3.05, 3.63) is 49.9 Å². The van der Waals surface area contributed by atoms with Crippen LogP contribution in [-0.4, -0.2) is 9.55 Å². The topological polar surface area (TPSA) is 20.7 Å². The van der Waals surface area contributed by atoms with Gasteiger partial charge in [-0.1, -0.05) is 6.07 Å². The molecule has 2 heterocycles. The molecule has 0 unspecified atom stereocenters. The molecule has 1 N–H and O–H groups in total. The van der Waals surface area contributed by atoms with Crippen molar-refractivity contribution in [1.82, 2.24) is 9.55 Å². The van der Waals surface area contributed by atoms with Gasteiger partial charge in [-0.25, -0.2) is 0 Å². The summed E-state index contributed by atoms with van der Waals surface area (Å²) in [4.78, 5) is 6.03. The van der Waals surface area contributed by atoms with E-state index < -0.39 is 0 Å². The summed E-state index contributed by atoms with van der Waals surface area (Å²) in [7, 11) is 0. The third kappa shape index (κ3) is 2.26. The molecule has 4 heteroatoms. The maximum Gasteiger partial charge on any atom is 0.178 e. The Morgan fingerprint density at radius 2 is 2.00 bits per heavy atom. The minimum absolute atomic E-state index is 0.796. The van der Waals surface area contributed by atoms with Gasteiger partial charge in [-0.2, -0.15) is 0 Å². The predicted octanol–water partition coefficient (Wildman–Crippen LogP) is 4.73. The van der Waals surface area contributed by atoms with E-state index in [0.29, 0.717) is 0 Å². The first-order valence-electron chi connectivity index (χ1n) is 6.29. The number of fused-ring (bicyclic) bond motifs is 1. The van der Waals surface area contributed by atoms with Crippen LogP contribution >= 0.6 is 23.6 Å². The number of aromatic amines is 1. The largest absolute Gasteiger partial charge is 0.331 e. The van der Waals surface area contributed by atoms with Crippen molar-refractivity contribution >= 4 is 34.6 Å². The molecule has 0 aliphatic heterocycles. The van der Waals surface area contributed by atoms with Crippen molar-refractivity contribution < 1.29 is 0 Å². The number of thiophene rings is 1. The van der Waals surface area contributed by atoms with E-state index >= 15 is 0 Å². The second-order valence-electron chi connectivity index (χ2n) is 4.99. The SMILES string of the molecule is Cc1ccc2c(c1)[nH]c(=S)n2Cc1cc(C)c(C)s1. The lowest BCUT2D eigenvalue weighted by Gasteiger charge is -2.02. The van der Waals surface area contributed by atoms with Crippen LogP contribution in [-0.2, 0) is 6.54 Å². The molecule has 1 aromatic carbocycles. The van der Waals surface area contributed by atoms with Crippen LogP contribution in [0.25, 0.3) is 11.0 Å². The number of imidazole rings is 1. The molecular formula is C15H16N2S2.